The molecule has 20 heavy (non-hydrogen) atoms. The summed E-state index contributed by atoms with van der Waals surface area (Å²) in [5.41, 5.74) is 0. The van der Waals surface area contributed by atoms with Crippen molar-refractivity contribution in [2.75, 3.05) is 0 Å². The summed E-state index contributed by atoms with van der Waals surface area (Å²) in [4.78, 5) is 0. The van der Waals surface area contributed by atoms with E-state index in [1.54, 1.807) is 0 Å². The lowest BCUT2D eigenvalue weighted by molar-refractivity contribution is -0.185. The lowest BCUT2D eigenvalue weighted by Crippen LogP contribution is -2.31. The number of alkyl halides is 3. The van der Waals surface area contributed by atoms with Gasteiger partial charge in [-0.2, -0.15) is 13.2 Å². The third kappa shape index (κ3) is 4.13. The SMILES string of the molecule is C=C/C=C/C1CCC(C2CCC(C(F)(F)F)CC2)CC1. The van der Waals surface area contributed by atoms with Crippen LogP contribution in [0, 0.1) is 23.7 Å². The van der Waals surface area contributed by atoms with Crippen molar-refractivity contribution in [2.45, 2.75) is 57.5 Å². The third-order valence-corrected chi connectivity index (χ3v) is 5.24. The van der Waals surface area contributed by atoms with Gasteiger partial charge >= 0.3 is 6.18 Å². The topological polar surface area (TPSA) is 0 Å². The van der Waals surface area contributed by atoms with Gasteiger partial charge in [0.15, 0.2) is 0 Å². The maximum Gasteiger partial charge on any atom is 0.391 e. The van der Waals surface area contributed by atoms with E-state index in [0.29, 0.717) is 30.6 Å². The van der Waals surface area contributed by atoms with Crippen molar-refractivity contribution >= 4 is 0 Å². The second kappa shape index (κ2) is 6.82. The minimum Gasteiger partial charge on any atom is -0.171 e. The summed E-state index contributed by atoms with van der Waals surface area (Å²) in [5, 5.41) is 0. The van der Waals surface area contributed by atoms with E-state index in [1.807, 2.05) is 12.2 Å². The molecule has 2 aliphatic rings. The van der Waals surface area contributed by atoms with Gasteiger partial charge in [0.05, 0.1) is 5.92 Å². The molecule has 114 valence electrons. The van der Waals surface area contributed by atoms with Crippen LogP contribution in [0.3, 0.4) is 0 Å². The van der Waals surface area contributed by atoms with Crippen molar-refractivity contribution in [3.05, 3.63) is 24.8 Å². The van der Waals surface area contributed by atoms with Gasteiger partial charge in [0.2, 0.25) is 0 Å². The summed E-state index contributed by atoms with van der Waals surface area (Å²) in [6.45, 7) is 3.68. The summed E-state index contributed by atoms with van der Waals surface area (Å²) in [6.07, 6.45) is 9.09. The lowest BCUT2D eigenvalue weighted by Gasteiger charge is -2.37. The van der Waals surface area contributed by atoms with Crippen LogP contribution in [-0.4, -0.2) is 6.18 Å². The van der Waals surface area contributed by atoms with Crippen LogP contribution in [0.1, 0.15) is 51.4 Å². The van der Waals surface area contributed by atoms with Gasteiger partial charge in [-0.05, 0) is 69.1 Å². The average molecular weight is 286 g/mol. The molecule has 0 aromatic heterocycles. The van der Waals surface area contributed by atoms with E-state index < -0.39 is 12.1 Å². The molecule has 0 unspecified atom stereocenters. The molecule has 0 saturated heterocycles. The van der Waals surface area contributed by atoms with E-state index in [9.17, 15) is 13.2 Å². The van der Waals surface area contributed by atoms with Gasteiger partial charge in [-0.25, -0.2) is 0 Å². The second-order valence-electron chi connectivity index (χ2n) is 6.45. The first-order chi connectivity index (χ1) is 9.50. The molecule has 0 heterocycles. The lowest BCUT2D eigenvalue weighted by atomic mass is 9.69. The number of halogens is 3. The fraction of sp³-hybridized carbons (Fsp3) is 0.765. The minimum atomic E-state index is -3.97. The molecule has 0 atom stereocenters. The molecule has 2 fully saturated rings. The van der Waals surface area contributed by atoms with Crippen molar-refractivity contribution in [1.82, 2.24) is 0 Å². The Bertz CT molecular complexity index is 327. The third-order valence-electron chi connectivity index (χ3n) is 5.24. The fourth-order valence-electron chi connectivity index (χ4n) is 3.96. The maximum absolute atomic E-state index is 12.7. The quantitative estimate of drug-likeness (QED) is 0.566. The smallest absolute Gasteiger partial charge is 0.171 e. The summed E-state index contributed by atoms with van der Waals surface area (Å²) in [7, 11) is 0. The van der Waals surface area contributed by atoms with E-state index in [2.05, 4.69) is 12.7 Å². The van der Waals surface area contributed by atoms with Gasteiger partial charge in [0.25, 0.3) is 0 Å². The Labute approximate surface area is 120 Å². The molecule has 0 amide bonds. The van der Waals surface area contributed by atoms with Crippen LogP contribution in [0.5, 0.6) is 0 Å². The first-order valence-electron chi connectivity index (χ1n) is 7.86. The zero-order valence-electron chi connectivity index (χ0n) is 12.0. The maximum atomic E-state index is 12.7. The van der Waals surface area contributed by atoms with Gasteiger partial charge in [-0.3, -0.25) is 0 Å². The summed E-state index contributed by atoms with van der Waals surface area (Å²) in [6, 6.07) is 0. The van der Waals surface area contributed by atoms with E-state index in [1.165, 1.54) is 25.7 Å². The molecule has 2 aliphatic carbocycles. The zero-order chi connectivity index (χ0) is 14.6. The molecule has 0 aromatic rings. The highest BCUT2D eigenvalue weighted by Gasteiger charge is 2.42. The molecule has 0 spiro atoms. The van der Waals surface area contributed by atoms with Gasteiger partial charge in [0.1, 0.15) is 0 Å². The van der Waals surface area contributed by atoms with Gasteiger partial charge in [-0.15, -0.1) is 0 Å². The number of hydrogen-bond donors (Lipinski definition) is 0. The molecule has 2 saturated carbocycles. The van der Waals surface area contributed by atoms with Gasteiger partial charge in [-0.1, -0.05) is 24.8 Å². The van der Waals surface area contributed by atoms with E-state index in [-0.39, 0.29) is 0 Å². The van der Waals surface area contributed by atoms with Crippen molar-refractivity contribution in [1.29, 1.82) is 0 Å². The van der Waals surface area contributed by atoms with Crippen molar-refractivity contribution in [2.24, 2.45) is 23.7 Å². The molecular weight excluding hydrogens is 261 g/mol. The highest BCUT2D eigenvalue weighted by atomic mass is 19.4. The first-order valence-corrected chi connectivity index (χ1v) is 7.86. The molecular formula is C17H25F3. The molecule has 0 radical (unpaired) electrons. The molecule has 0 aliphatic heterocycles. The highest BCUT2D eigenvalue weighted by molar-refractivity contribution is 5.01. The zero-order valence-corrected chi connectivity index (χ0v) is 12.0. The van der Waals surface area contributed by atoms with Crippen LogP contribution in [0.4, 0.5) is 13.2 Å². The van der Waals surface area contributed by atoms with Gasteiger partial charge in [0, 0.05) is 0 Å². The Balaban J connectivity index is 1.76. The monoisotopic (exact) mass is 286 g/mol. The highest BCUT2D eigenvalue weighted by Crippen LogP contribution is 2.45. The molecule has 2 rings (SSSR count). The predicted octanol–water partition coefficient (Wildman–Crippen LogP) is 5.90. The van der Waals surface area contributed by atoms with Crippen LogP contribution < -0.4 is 0 Å². The van der Waals surface area contributed by atoms with Crippen LogP contribution in [-0.2, 0) is 0 Å². The fourth-order valence-corrected chi connectivity index (χ4v) is 3.96. The number of hydrogen-bond acceptors (Lipinski definition) is 0. The molecule has 0 aromatic carbocycles. The number of allylic oxidation sites excluding steroid dienone is 3. The molecule has 0 N–H and O–H groups in total. The Hall–Kier alpha value is -0.730. The summed E-state index contributed by atoms with van der Waals surface area (Å²) in [5.74, 6) is 0.817. The normalized spacial score (nSPS) is 36.1. The molecule has 0 bridgehead atoms. The van der Waals surface area contributed by atoms with E-state index in [0.717, 1.165) is 12.8 Å². The molecule has 3 heteroatoms. The Morgan fingerprint density at radius 2 is 1.30 bits per heavy atom. The van der Waals surface area contributed by atoms with Crippen LogP contribution in [0.2, 0.25) is 0 Å². The van der Waals surface area contributed by atoms with Crippen molar-refractivity contribution < 1.29 is 13.2 Å². The van der Waals surface area contributed by atoms with Gasteiger partial charge < -0.3 is 0 Å². The molecule has 0 nitrogen and oxygen atoms in total. The number of rotatable bonds is 3. The van der Waals surface area contributed by atoms with Crippen molar-refractivity contribution in [3.8, 4) is 0 Å². The van der Waals surface area contributed by atoms with Crippen LogP contribution >= 0.6 is 0 Å². The average Bonchev–Trinajstić information content (AvgIpc) is 2.45. The minimum absolute atomic E-state index is 0.352. The standard InChI is InChI=1S/C17H25F3/c1-2-3-4-13-5-7-14(8-6-13)15-9-11-16(12-10-15)17(18,19)20/h2-4,13-16H,1,5-12H2/b4-3+. The van der Waals surface area contributed by atoms with E-state index >= 15 is 0 Å². The van der Waals surface area contributed by atoms with Crippen LogP contribution in [0.25, 0.3) is 0 Å². The predicted molar refractivity (Wildman–Crippen MR) is 76.3 cm³/mol. The Kier molecular flexibility index (Phi) is 5.34. The summed E-state index contributed by atoms with van der Waals surface area (Å²) >= 11 is 0. The van der Waals surface area contributed by atoms with Crippen LogP contribution in [0.15, 0.2) is 24.8 Å². The van der Waals surface area contributed by atoms with Crippen molar-refractivity contribution in [3.63, 3.8) is 0 Å². The Morgan fingerprint density at radius 3 is 1.75 bits per heavy atom. The summed E-state index contributed by atoms with van der Waals surface area (Å²) < 4.78 is 38.0. The second-order valence-corrected chi connectivity index (χ2v) is 6.45. The van der Waals surface area contributed by atoms with E-state index in [4.69, 9.17) is 0 Å². The first kappa shape index (κ1) is 15.7. The Morgan fingerprint density at radius 1 is 0.800 bits per heavy atom. The largest absolute Gasteiger partial charge is 0.391 e.